The van der Waals surface area contributed by atoms with Crippen LogP contribution in [0.3, 0.4) is 0 Å². The maximum atomic E-state index is 12.5. The third kappa shape index (κ3) is 5.10. The molecule has 0 spiro atoms. The minimum Gasteiger partial charge on any atom is -0.443 e. The molecule has 0 aromatic heterocycles. The van der Waals surface area contributed by atoms with E-state index in [1.54, 1.807) is 18.7 Å². The Morgan fingerprint density at radius 3 is 2.67 bits per heavy atom. The lowest BCUT2D eigenvalue weighted by molar-refractivity contribution is -0.156. The van der Waals surface area contributed by atoms with Crippen LogP contribution in [0, 0.1) is 5.92 Å². The van der Waals surface area contributed by atoms with Crippen LogP contribution in [0.25, 0.3) is 0 Å². The minimum absolute atomic E-state index is 0.137. The van der Waals surface area contributed by atoms with E-state index in [0.29, 0.717) is 18.2 Å². The van der Waals surface area contributed by atoms with Gasteiger partial charge in [-0.1, -0.05) is 6.58 Å². The highest BCUT2D eigenvalue weighted by Crippen LogP contribution is 2.41. The topological polar surface area (TPSA) is 52.3 Å². The number of hydrogen-bond acceptors (Lipinski definition) is 5. The number of carbonyl (C=O) groups excluding carboxylic acids is 1. The Morgan fingerprint density at radius 1 is 1.52 bits per heavy atom. The van der Waals surface area contributed by atoms with E-state index in [2.05, 4.69) is 6.58 Å². The molecule has 1 rings (SSSR count). The van der Waals surface area contributed by atoms with Gasteiger partial charge in [0.05, 0.1) is 5.25 Å². The van der Waals surface area contributed by atoms with Crippen LogP contribution in [-0.4, -0.2) is 40.4 Å². The first-order chi connectivity index (χ1) is 9.60. The Labute approximate surface area is 131 Å². The minimum atomic E-state index is -4.76. The lowest BCUT2D eigenvalue weighted by Gasteiger charge is -2.37. The summed E-state index contributed by atoms with van der Waals surface area (Å²) in [5, 5.41) is -0.137. The Kier molecular flexibility index (Phi) is 6.49. The van der Waals surface area contributed by atoms with E-state index in [1.807, 2.05) is 6.92 Å². The van der Waals surface area contributed by atoms with Crippen LogP contribution >= 0.6 is 23.5 Å². The van der Waals surface area contributed by atoms with E-state index >= 15 is 0 Å². The summed E-state index contributed by atoms with van der Waals surface area (Å²) in [5.74, 6) is 0.483. The fourth-order valence-corrected chi connectivity index (χ4v) is 4.57. The molecule has 1 saturated heterocycles. The highest BCUT2D eigenvalue weighted by molar-refractivity contribution is 8.04. The van der Waals surface area contributed by atoms with Crippen molar-refractivity contribution in [2.75, 3.05) is 18.1 Å². The average molecular weight is 343 g/mol. The number of alkyl halides is 3. The highest BCUT2D eigenvalue weighted by atomic mass is 32.2. The summed E-state index contributed by atoms with van der Waals surface area (Å²) in [7, 11) is 0. The molecule has 2 N–H and O–H groups in total. The molecular weight excluding hydrogens is 323 g/mol. The van der Waals surface area contributed by atoms with E-state index in [1.165, 1.54) is 11.8 Å². The van der Waals surface area contributed by atoms with E-state index in [-0.39, 0.29) is 5.25 Å². The smallest absolute Gasteiger partial charge is 0.422 e. The molecule has 1 heterocycles. The van der Waals surface area contributed by atoms with Crippen LogP contribution in [-0.2, 0) is 9.53 Å². The van der Waals surface area contributed by atoms with Crippen LogP contribution in [0.15, 0.2) is 12.2 Å². The largest absolute Gasteiger partial charge is 0.443 e. The Bertz CT molecular complexity index is 403. The van der Waals surface area contributed by atoms with E-state index in [9.17, 15) is 18.0 Å². The van der Waals surface area contributed by atoms with Crippen LogP contribution in [0.4, 0.5) is 13.2 Å². The molecule has 0 aliphatic carbocycles. The molecule has 1 fully saturated rings. The number of esters is 1. The molecule has 0 bridgehead atoms. The summed E-state index contributed by atoms with van der Waals surface area (Å²) < 4.78 is 42.6. The van der Waals surface area contributed by atoms with Gasteiger partial charge in [0.15, 0.2) is 4.93 Å². The Hall–Kier alpha value is -0.340. The van der Waals surface area contributed by atoms with Gasteiger partial charge >= 0.3 is 12.1 Å². The molecule has 1 aliphatic rings. The summed E-state index contributed by atoms with van der Waals surface area (Å²) in [4.78, 5) is 10.6. The number of halogens is 3. The lowest BCUT2D eigenvalue weighted by atomic mass is 10.1. The maximum absolute atomic E-state index is 12.5. The van der Waals surface area contributed by atoms with Gasteiger partial charge in [-0.3, -0.25) is 0 Å². The third-order valence-electron chi connectivity index (χ3n) is 3.45. The molecule has 1 aliphatic heterocycles. The third-order valence-corrected chi connectivity index (χ3v) is 6.67. The number of hydrogen-bond donors (Lipinski definition) is 1. The normalized spacial score (nSPS) is 31.1. The summed E-state index contributed by atoms with van der Waals surface area (Å²) in [5.41, 5.74) is 4.19. The van der Waals surface area contributed by atoms with Gasteiger partial charge in [-0.15, -0.1) is 11.8 Å². The number of rotatable bonds is 3. The first kappa shape index (κ1) is 18.7. The van der Waals surface area contributed by atoms with Crippen molar-refractivity contribution in [3.63, 3.8) is 0 Å². The molecule has 0 radical (unpaired) electrons. The van der Waals surface area contributed by atoms with Crippen LogP contribution in [0.5, 0.6) is 0 Å². The van der Waals surface area contributed by atoms with Crippen LogP contribution < -0.4 is 5.73 Å². The van der Waals surface area contributed by atoms with Crippen molar-refractivity contribution in [3.05, 3.63) is 12.2 Å². The molecular formula is C13H20F3NO2S2. The number of thioether (sulfide) groups is 2. The van der Waals surface area contributed by atoms with Gasteiger partial charge in [-0.2, -0.15) is 24.9 Å². The SMILES string of the molecule is C=C(C(=O)OC1(C)SCCC(CN)CSC1C)C(F)(F)F. The van der Waals surface area contributed by atoms with E-state index in [4.69, 9.17) is 10.5 Å². The van der Waals surface area contributed by atoms with Crippen LogP contribution in [0.2, 0.25) is 0 Å². The Morgan fingerprint density at radius 2 is 2.14 bits per heavy atom. The first-order valence-corrected chi connectivity index (χ1v) is 8.58. The molecule has 122 valence electrons. The highest BCUT2D eigenvalue weighted by Gasteiger charge is 2.43. The fraction of sp³-hybridized carbons (Fsp3) is 0.769. The van der Waals surface area contributed by atoms with Crippen molar-refractivity contribution >= 4 is 29.5 Å². The zero-order valence-corrected chi connectivity index (χ0v) is 13.7. The predicted octanol–water partition coefficient (Wildman–Crippen LogP) is 3.20. The second-order valence-electron chi connectivity index (χ2n) is 5.10. The molecule has 3 atom stereocenters. The lowest BCUT2D eigenvalue weighted by Crippen LogP contribution is -2.41. The van der Waals surface area contributed by atoms with Crippen molar-refractivity contribution in [1.82, 2.24) is 0 Å². The molecule has 21 heavy (non-hydrogen) atoms. The van der Waals surface area contributed by atoms with E-state index < -0.39 is 22.7 Å². The standard InChI is InChI=1S/C13H20F3NO2S2/c1-8(13(14,15)16)11(18)19-12(3)9(2)20-7-10(6-17)4-5-21-12/h9-10H,1,4-7,17H2,2-3H3. The van der Waals surface area contributed by atoms with Crippen molar-refractivity contribution in [3.8, 4) is 0 Å². The van der Waals surface area contributed by atoms with Gasteiger partial charge < -0.3 is 10.5 Å². The van der Waals surface area contributed by atoms with Crippen molar-refractivity contribution in [2.24, 2.45) is 11.7 Å². The van der Waals surface area contributed by atoms with Gasteiger partial charge in [0.1, 0.15) is 5.57 Å². The average Bonchev–Trinajstić information content (AvgIpc) is 2.38. The number of carbonyl (C=O) groups is 1. The molecule has 0 amide bonds. The monoisotopic (exact) mass is 343 g/mol. The van der Waals surface area contributed by atoms with Gasteiger partial charge in [-0.25, -0.2) is 4.79 Å². The predicted molar refractivity (Wildman–Crippen MR) is 81.2 cm³/mol. The fourth-order valence-electron chi connectivity index (χ4n) is 1.72. The second kappa shape index (κ2) is 7.28. The van der Waals surface area contributed by atoms with E-state index in [0.717, 1.165) is 12.2 Å². The zero-order valence-electron chi connectivity index (χ0n) is 12.0. The summed E-state index contributed by atoms with van der Waals surface area (Å²) in [6, 6.07) is 0. The van der Waals surface area contributed by atoms with Gasteiger partial charge in [0, 0.05) is 0 Å². The molecule has 0 aromatic carbocycles. The molecule has 0 aromatic rings. The summed E-state index contributed by atoms with van der Waals surface area (Å²) >= 11 is 2.92. The second-order valence-corrected chi connectivity index (χ2v) is 7.98. The molecule has 8 heteroatoms. The number of nitrogens with two attached hydrogens (primary N) is 1. The summed E-state index contributed by atoms with van der Waals surface area (Å²) in [6.45, 7) is 6.87. The summed E-state index contributed by atoms with van der Waals surface area (Å²) in [6.07, 6.45) is -3.91. The zero-order chi connectivity index (χ0) is 16.3. The molecule has 3 nitrogen and oxygen atoms in total. The van der Waals surface area contributed by atoms with Crippen molar-refractivity contribution < 1.29 is 22.7 Å². The van der Waals surface area contributed by atoms with Gasteiger partial charge in [0.2, 0.25) is 0 Å². The molecule has 3 unspecified atom stereocenters. The number of ether oxygens (including phenoxy) is 1. The van der Waals surface area contributed by atoms with Gasteiger partial charge in [-0.05, 0) is 44.2 Å². The maximum Gasteiger partial charge on any atom is 0.422 e. The molecule has 0 saturated carbocycles. The van der Waals surface area contributed by atoms with Gasteiger partial charge in [0.25, 0.3) is 0 Å². The quantitative estimate of drug-likeness (QED) is 0.630. The Balaban J connectivity index is 2.75. The van der Waals surface area contributed by atoms with Crippen molar-refractivity contribution in [2.45, 2.75) is 36.6 Å². The van der Waals surface area contributed by atoms with Crippen molar-refractivity contribution in [1.29, 1.82) is 0 Å². The van der Waals surface area contributed by atoms with Crippen LogP contribution in [0.1, 0.15) is 20.3 Å². The first-order valence-electron chi connectivity index (χ1n) is 6.55.